The van der Waals surface area contributed by atoms with Gasteiger partial charge >= 0.3 is 6.18 Å². The maximum absolute atomic E-state index is 14.0. The van der Waals surface area contributed by atoms with Crippen LogP contribution in [-0.4, -0.2) is 91.5 Å². The van der Waals surface area contributed by atoms with E-state index in [9.17, 15) is 18.0 Å². The summed E-state index contributed by atoms with van der Waals surface area (Å²) in [5.41, 5.74) is 1.71. The van der Waals surface area contributed by atoms with E-state index in [2.05, 4.69) is 38.2 Å². The molecule has 1 fully saturated rings. The molecule has 1 saturated heterocycles. The van der Waals surface area contributed by atoms with Crippen molar-refractivity contribution in [3.05, 3.63) is 46.5 Å². The summed E-state index contributed by atoms with van der Waals surface area (Å²) in [5.74, 6) is 0.555. The second-order valence-electron chi connectivity index (χ2n) is 10.5. The standard InChI is InChI=1S/C29H35F3N6O2S2/c1-5-18-14-19(38-9-8-20(17-38)36(2)10-12-40-4)6-7-22(18)34-28-33-16-21(29(30,31)32)25(35-28)23-15-24-26(42-23)27(39)37(3)11-13-41-24/h6-7,14-16,20H,5,8-13,17H2,1-4H3,(H,33,34,35). The zero-order valence-electron chi connectivity index (χ0n) is 24.1. The number of carbonyl (C=O) groups excluding carboxylic acids is 1. The van der Waals surface area contributed by atoms with Crippen LogP contribution in [0.25, 0.3) is 10.6 Å². The molecule has 0 radical (unpaired) electrons. The van der Waals surface area contributed by atoms with Gasteiger partial charge in [0.05, 0.1) is 17.2 Å². The Bertz CT molecular complexity index is 1430. The van der Waals surface area contributed by atoms with Gasteiger partial charge in [-0.05, 0) is 49.7 Å². The maximum atomic E-state index is 14.0. The fraction of sp³-hybridized carbons (Fsp3) is 0.483. The first-order valence-electron chi connectivity index (χ1n) is 13.9. The SMILES string of the molecule is CCc1cc(N2CCC(N(C)CCOC)C2)ccc1Nc1ncc(C(F)(F)F)c(-c2cc3c(s2)C(=O)N(C)CCS3)n1. The van der Waals surface area contributed by atoms with Gasteiger partial charge in [-0.2, -0.15) is 13.2 Å². The highest BCUT2D eigenvalue weighted by atomic mass is 32.2. The third-order valence-corrected chi connectivity index (χ3v) is 10.0. The van der Waals surface area contributed by atoms with Crippen molar-refractivity contribution in [1.29, 1.82) is 0 Å². The molecule has 2 aliphatic rings. The smallest absolute Gasteiger partial charge is 0.383 e. The molecule has 2 aliphatic heterocycles. The number of nitrogens with zero attached hydrogens (tertiary/aromatic N) is 5. The number of hydrogen-bond donors (Lipinski definition) is 1. The van der Waals surface area contributed by atoms with E-state index in [-0.39, 0.29) is 17.5 Å². The van der Waals surface area contributed by atoms with Crippen LogP contribution in [0.15, 0.2) is 35.4 Å². The zero-order valence-corrected chi connectivity index (χ0v) is 25.8. The molecule has 1 amide bonds. The number of ether oxygens (including phenoxy) is 1. The lowest BCUT2D eigenvalue weighted by atomic mass is 10.1. The number of carbonyl (C=O) groups is 1. The fourth-order valence-corrected chi connectivity index (χ4v) is 7.65. The highest BCUT2D eigenvalue weighted by molar-refractivity contribution is 7.99. The monoisotopic (exact) mass is 620 g/mol. The van der Waals surface area contributed by atoms with E-state index in [4.69, 9.17) is 4.74 Å². The van der Waals surface area contributed by atoms with E-state index < -0.39 is 11.7 Å². The number of methoxy groups -OCH3 is 1. The first-order valence-corrected chi connectivity index (χ1v) is 15.7. The molecule has 13 heteroatoms. The number of anilines is 3. The molecule has 8 nitrogen and oxygen atoms in total. The van der Waals surface area contributed by atoms with Crippen molar-refractivity contribution < 1.29 is 22.7 Å². The van der Waals surface area contributed by atoms with Crippen LogP contribution < -0.4 is 10.2 Å². The number of nitrogens with one attached hydrogen (secondary N) is 1. The summed E-state index contributed by atoms with van der Waals surface area (Å²) in [4.78, 5) is 28.9. The van der Waals surface area contributed by atoms with Crippen LogP contribution in [0.1, 0.15) is 34.1 Å². The predicted octanol–water partition coefficient (Wildman–Crippen LogP) is 5.86. The number of rotatable bonds is 9. The van der Waals surface area contributed by atoms with Crippen LogP contribution in [-0.2, 0) is 17.3 Å². The second-order valence-corrected chi connectivity index (χ2v) is 12.7. The van der Waals surface area contributed by atoms with Gasteiger partial charge in [-0.15, -0.1) is 23.1 Å². The third kappa shape index (κ3) is 6.53. The van der Waals surface area contributed by atoms with Crippen LogP contribution in [0.5, 0.6) is 0 Å². The van der Waals surface area contributed by atoms with Gasteiger partial charge in [0.25, 0.3) is 5.91 Å². The highest BCUT2D eigenvalue weighted by Crippen LogP contribution is 2.43. The molecule has 0 aliphatic carbocycles. The topological polar surface area (TPSA) is 73.8 Å². The second kappa shape index (κ2) is 12.8. The Morgan fingerprint density at radius 1 is 1.24 bits per heavy atom. The van der Waals surface area contributed by atoms with E-state index in [1.54, 1.807) is 25.1 Å². The summed E-state index contributed by atoms with van der Waals surface area (Å²) < 4.78 is 47.3. The lowest BCUT2D eigenvalue weighted by molar-refractivity contribution is -0.137. The van der Waals surface area contributed by atoms with Crippen LogP contribution in [0.4, 0.5) is 30.5 Å². The molecule has 0 spiro atoms. The number of hydrogen-bond acceptors (Lipinski definition) is 9. The van der Waals surface area contributed by atoms with Gasteiger partial charge < -0.3 is 19.9 Å². The number of aromatic nitrogens is 2. The Hall–Kier alpha value is -2.87. The van der Waals surface area contributed by atoms with Crippen molar-refractivity contribution in [3.8, 4) is 10.6 Å². The normalized spacial score (nSPS) is 17.6. The first kappa shape index (κ1) is 30.6. The molecular weight excluding hydrogens is 585 g/mol. The van der Waals surface area contributed by atoms with Crippen LogP contribution in [0, 0.1) is 0 Å². The number of aryl methyl sites for hydroxylation is 1. The molecule has 0 saturated carbocycles. The van der Waals surface area contributed by atoms with Crippen molar-refractivity contribution in [2.45, 2.75) is 36.9 Å². The van der Waals surface area contributed by atoms with Crippen LogP contribution in [0.3, 0.4) is 0 Å². The Balaban J connectivity index is 1.40. The van der Waals surface area contributed by atoms with Gasteiger partial charge in [-0.25, -0.2) is 9.97 Å². The largest absolute Gasteiger partial charge is 0.420 e. The summed E-state index contributed by atoms with van der Waals surface area (Å²) in [7, 11) is 5.53. The minimum Gasteiger partial charge on any atom is -0.383 e. The molecule has 3 aromatic rings. The zero-order chi connectivity index (χ0) is 30.0. The van der Waals surface area contributed by atoms with Crippen molar-refractivity contribution >= 4 is 46.3 Å². The molecule has 4 heterocycles. The van der Waals surface area contributed by atoms with Crippen LogP contribution >= 0.6 is 23.1 Å². The number of benzene rings is 1. The minimum atomic E-state index is -4.65. The number of thioether (sulfide) groups is 1. The summed E-state index contributed by atoms with van der Waals surface area (Å²) in [6, 6.07) is 8.18. The number of likely N-dealkylation sites (N-methyl/N-ethyl adjacent to an activating group) is 1. The van der Waals surface area contributed by atoms with Crippen molar-refractivity contribution in [2.75, 3.05) is 70.0 Å². The molecule has 1 atom stereocenters. The van der Waals surface area contributed by atoms with Crippen molar-refractivity contribution in [2.24, 2.45) is 0 Å². The lowest BCUT2D eigenvalue weighted by Gasteiger charge is -2.25. The van der Waals surface area contributed by atoms with Crippen molar-refractivity contribution in [1.82, 2.24) is 19.8 Å². The molecule has 5 rings (SSSR count). The molecule has 42 heavy (non-hydrogen) atoms. The number of amides is 1. The van der Waals surface area contributed by atoms with Crippen LogP contribution in [0.2, 0.25) is 0 Å². The number of alkyl halides is 3. The van der Waals surface area contributed by atoms with Gasteiger partial charge in [-0.1, -0.05) is 6.92 Å². The molecule has 226 valence electrons. The third-order valence-electron chi connectivity index (χ3n) is 7.77. The van der Waals surface area contributed by atoms with Crippen molar-refractivity contribution in [3.63, 3.8) is 0 Å². The highest BCUT2D eigenvalue weighted by Gasteiger charge is 2.37. The molecule has 1 N–H and O–H groups in total. The minimum absolute atomic E-state index is 0.0705. The Labute approximate surface area is 252 Å². The quantitative estimate of drug-likeness (QED) is 0.319. The summed E-state index contributed by atoms with van der Waals surface area (Å²) in [6.45, 7) is 6.07. The van der Waals surface area contributed by atoms with E-state index >= 15 is 0 Å². The molecular formula is C29H35F3N6O2S2. The molecule has 0 bridgehead atoms. The van der Waals surface area contributed by atoms with Gasteiger partial charge in [0, 0.05) is 74.6 Å². The fourth-order valence-electron chi connectivity index (χ4n) is 5.22. The Morgan fingerprint density at radius 3 is 2.79 bits per heavy atom. The summed E-state index contributed by atoms with van der Waals surface area (Å²) >= 11 is 2.51. The van der Waals surface area contributed by atoms with E-state index in [1.807, 2.05) is 19.1 Å². The Kier molecular flexibility index (Phi) is 9.31. The average Bonchev–Trinajstić information content (AvgIpc) is 3.61. The number of thiophene rings is 1. The van der Waals surface area contributed by atoms with Gasteiger partial charge in [-0.3, -0.25) is 9.69 Å². The van der Waals surface area contributed by atoms with E-state index in [1.165, 1.54) is 11.8 Å². The van der Waals surface area contributed by atoms with Gasteiger partial charge in [0.15, 0.2) is 0 Å². The average molecular weight is 621 g/mol. The number of fused-ring (bicyclic) bond motifs is 1. The number of halogens is 3. The van der Waals surface area contributed by atoms with E-state index in [0.717, 1.165) is 66.9 Å². The summed E-state index contributed by atoms with van der Waals surface area (Å²) in [5, 5.41) is 3.16. The molecule has 1 aromatic carbocycles. The molecule has 1 unspecified atom stereocenters. The lowest BCUT2D eigenvalue weighted by Crippen LogP contribution is -2.36. The molecule has 2 aromatic heterocycles. The first-order chi connectivity index (χ1) is 20.1. The Morgan fingerprint density at radius 2 is 2.05 bits per heavy atom. The summed E-state index contributed by atoms with van der Waals surface area (Å²) in [6.07, 6.45) is -2.04. The van der Waals surface area contributed by atoms with E-state index in [0.29, 0.717) is 39.6 Å². The maximum Gasteiger partial charge on any atom is 0.420 e. The van der Waals surface area contributed by atoms with Gasteiger partial charge in [0.2, 0.25) is 5.95 Å². The van der Waals surface area contributed by atoms with Gasteiger partial charge in [0.1, 0.15) is 10.4 Å². The predicted molar refractivity (Wildman–Crippen MR) is 162 cm³/mol.